The van der Waals surface area contributed by atoms with Gasteiger partial charge in [-0.05, 0) is 12.8 Å². The van der Waals surface area contributed by atoms with Gasteiger partial charge in [0.2, 0.25) is 0 Å². The zero-order valence-corrected chi connectivity index (χ0v) is 7.83. The lowest BCUT2D eigenvalue weighted by atomic mass is 10.3. The van der Waals surface area contributed by atoms with Crippen LogP contribution in [0, 0.1) is 0 Å². The standard InChI is InChI=1S/C5H9N.2C2H6/c1-5-3-2-4-6-5;2*1-2/h6H,1-4H2;2*1-2H3. The van der Waals surface area contributed by atoms with Crippen LogP contribution in [0.4, 0.5) is 0 Å². The summed E-state index contributed by atoms with van der Waals surface area (Å²) in [5.74, 6) is 0. The van der Waals surface area contributed by atoms with E-state index in [0.717, 1.165) is 6.54 Å². The molecule has 10 heavy (non-hydrogen) atoms. The summed E-state index contributed by atoms with van der Waals surface area (Å²) in [6.45, 7) is 12.9. The summed E-state index contributed by atoms with van der Waals surface area (Å²) in [5, 5.41) is 3.12. The summed E-state index contributed by atoms with van der Waals surface area (Å²) in [4.78, 5) is 0. The van der Waals surface area contributed by atoms with Crippen LogP contribution in [0.2, 0.25) is 0 Å². The zero-order chi connectivity index (χ0) is 8.41. The largest absolute Gasteiger partial charge is 0.389 e. The molecule has 1 fully saturated rings. The van der Waals surface area contributed by atoms with Gasteiger partial charge in [0.15, 0.2) is 0 Å². The molecule has 0 aromatic carbocycles. The minimum absolute atomic E-state index is 1.14. The van der Waals surface area contributed by atoms with Gasteiger partial charge in [-0.1, -0.05) is 34.3 Å². The molecule has 0 radical (unpaired) electrons. The normalized spacial score (nSPS) is 13.8. The molecule has 1 heterocycles. The third-order valence-corrected chi connectivity index (χ3v) is 1.03. The topological polar surface area (TPSA) is 12.0 Å². The number of nitrogens with one attached hydrogen (secondary N) is 1. The first-order valence-electron chi connectivity index (χ1n) is 4.31. The average molecular weight is 143 g/mol. The van der Waals surface area contributed by atoms with Gasteiger partial charge in [-0.25, -0.2) is 0 Å². The Morgan fingerprint density at radius 3 is 1.80 bits per heavy atom. The SMILES string of the molecule is C=C1CCCN1.CC.CC. The molecule has 1 heteroatoms. The first kappa shape index (κ1) is 12.2. The summed E-state index contributed by atoms with van der Waals surface area (Å²) in [7, 11) is 0. The minimum atomic E-state index is 1.14. The van der Waals surface area contributed by atoms with Crippen LogP contribution in [0.1, 0.15) is 40.5 Å². The molecule has 0 atom stereocenters. The molecular formula is C9H21N. The van der Waals surface area contributed by atoms with Crippen molar-refractivity contribution in [2.24, 2.45) is 0 Å². The molecule has 0 spiro atoms. The van der Waals surface area contributed by atoms with Crippen molar-refractivity contribution in [2.45, 2.75) is 40.5 Å². The van der Waals surface area contributed by atoms with Crippen LogP contribution in [0.3, 0.4) is 0 Å². The molecule has 62 valence electrons. The fraction of sp³-hybridized carbons (Fsp3) is 0.778. The lowest BCUT2D eigenvalue weighted by Gasteiger charge is -1.87. The van der Waals surface area contributed by atoms with Crippen molar-refractivity contribution in [3.8, 4) is 0 Å². The second-order valence-corrected chi connectivity index (χ2v) is 1.63. The molecule has 0 amide bonds. The van der Waals surface area contributed by atoms with Gasteiger partial charge in [-0.15, -0.1) is 0 Å². The quantitative estimate of drug-likeness (QED) is 0.549. The highest BCUT2D eigenvalue weighted by Gasteiger charge is 1.98. The van der Waals surface area contributed by atoms with E-state index in [-0.39, 0.29) is 0 Å². The van der Waals surface area contributed by atoms with Crippen LogP contribution < -0.4 is 5.32 Å². The Balaban J connectivity index is 0. The van der Waals surface area contributed by atoms with Crippen LogP contribution in [0.15, 0.2) is 12.3 Å². The fourth-order valence-corrected chi connectivity index (χ4v) is 0.655. The number of hydrogen-bond donors (Lipinski definition) is 1. The average Bonchev–Trinajstić information content (AvgIpc) is 2.48. The predicted molar refractivity (Wildman–Crippen MR) is 49.1 cm³/mol. The van der Waals surface area contributed by atoms with Gasteiger partial charge in [0, 0.05) is 12.2 Å². The first-order chi connectivity index (χ1) is 4.89. The second-order valence-electron chi connectivity index (χ2n) is 1.63. The van der Waals surface area contributed by atoms with Crippen LogP contribution >= 0.6 is 0 Å². The van der Waals surface area contributed by atoms with E-state index >= 15 is 0 Å². The molecule has 1 N–H and O–H groups in total. The van der Waals surface area contributed by atoms with E-state index in [1.807, 2.05) is 27.7 Å². The Labute approximate surface area is 65.5 Å². The van der Waals surface area contributed by atoms with Gasteiger partial charge in [0.25, 0.3) is 0 Å². The Morgan fingerprint density at radius 1 is 1.20 bits per heavy atom. The lowest BCUT2D eigenvalue weighted by Crippen LogP contribution is -2.00. The summed E-state index contributed by atoms with van der Waals surface area (Å²) >= 11 is 0. The molecule has 1 aliphatic heterocycles. The predicted octanol–water partition coefficient (Wildman–Crippen LogP) is 2.94. The van der Waals surface area contributed by atoms with Crippen LogP contribution in [0.5, 0.6) is 0 Å². The maximum atomic E-state index is 3.74. The van der Waals surface area contributed by atoms with Gasteiger partial charge in [-0.2, -0.15) is 0 Å². The van der Waals surface area contributed by atoms with Crippen molar-refractivity contribution in [1.29, 1.82) is 0 Å². The van der Waals surface area contributed by atoms with Gasteiger partial charge >= 0.3 is 0 Å². The Hall–Kier alpha value is -0.460. The molecule has 1 rings (SSSR count). The number of rotatable bonds is 0. The van der Waals surface area contributed by atoms with E-state index in [1.165, 1.54) is 18.5 Å². The summed E-state index contributed by atoms with van der Waals surface area (Å²) < 4.78 is 0. The van der Waals surface area contributed by atoms with Crippen LogP contribution in [-0.4, -0.2) is 6.54 Å². The van der Waals surface area contributed by atoms with E-state index < -0.39 is 0 Å². The van der Waals surface area contributed by atoms with Gasteiger partial charge in [-0.3, -0.25) is 0 Å². The molecule has 0 aliphatic carbocycles. The first-order valence-corrected chi connectivity index (χ1v) is 4.31. The zero-order valence-electron chi connectivity index (χ0n) is 7.83. The third kappa shape index (κ3) is 7.54. The van der Waals surface area contributed by atoms with E-state index in [2.05, 4.69) is 11.9 Å². The highest BCUT2D eigenvalue weighted by Crippen LogP contribution is 2.03. The van der Waals surface area contributed by atoms with E-state index in [9.17, 15) is 0 Å². The smallest absolute Gasteiger partial charge is 0.0147 e. The molecule has 1 saturated heterocycles. The molecule has 0 unspecified atom stereocenters. The van der Waals surface area contributed by atoms with E-state index in [4.69, 9.17) is 0 Å². The Morgan fingerprint density at radius 2 is 1.70 bits per heavy atom. The number of allylic oxidation sites excluding steroid dienone is 1. The van der Waals surface area contributed by atoms with E-state index in [0.29, 0.717) is 0 Å². The third-order valence-electron chi connectivity index (χ3n) is 1.03. The van der Waals surface area contributed by atoms with Gasteiger partial charge in [0.1, 0.15) is 0 Å². The van der Waals surface area contributed by atoms with Crippen molar-refractivity contribution in [1.82, 2.24) is 5.32 Å². The van der Waals surface area contributed by atoms with Crippen LogP contribution in [-0.2, 0) is 0 Å². The van der Waals surface area contributed by atoms with Crippen LogP contribution in [0.25, 0.3) is 0 Å². The highest BCUT2D eigenvalue weighted by atomic mass is 14.9. The molecule has 0 aromatic rings. The molecule has 1 nitrogen and oxygen atoms in total. The van der Waals surface area contributed by atoms with Crippen molar-refractivity contribution < 1.29 is 0 Å². The monoisotopic (exact) mass is 143 g/mol. The lowest BCUT2D eigenvalue weighted by molar-refractivity contribution is 0.904. The van der Waals surface area contributed by atoms with Crippen molar-refractivity contribution in [3.63, 3.8) is 0 Å². The van der Waals surface area contributed by atoms with Gasteiger partial charge < -0.3 is 5.32 Å². The summed E-state index contributed by atoms with van der Waals surface area (Å²) in [6.07, 6.45) is 2.46. The van der Waals surface area contributed by atoms with Crippen molar-refractivity contribution in [2.75, 3.05) is 6.54 Å². The fourth-order valence-electron chi connectivity index (χ4n) is 0.655. The number of hydrogen-bond acceptors (Lipinski definition) is 1. The summed E-state index contributed by atoms with van der Waals surface area (Å²) in [5.41, 5.74) is 1.20. The highest BCUT2D eigenvalue weighted by molar-refractivity contribution is 4.95. The van der Waals surface area contributed by atoms with Crippen molar-refractivity contribution in [3.05, 3.63) is 12.3 Å². The minimum Gasteiger partial charge on any atom is -0.389 e. The van der Waals surface area contributed by atoms with Gasteiger partial charge in [0.05, 0.1) is 0 Å². The Bertz CT molecular complexity index is 59.1. The molecule has 0 saturated carbocycles. The summed E-state index contributed by atoms with van der Waals surface area (Å²) in [6, 6.07) is 0. The Kier molecular flexibility index (Phi) is 13.9. The molecule has 0 bridgehead atoms. The molecule has 0 aromatic heterocycles. The molecule has 1 aliphatic rings. The molecular weight excluding hydrogens is 122 g/mol. The second kappa shape index (κ2) is 11.4. The van der Waals surface area contributed by atoms with E-state index in [1.54, 1.807) is 0 Å². The maximum absolute atomic E-state index is 3.74. The maximum Gasteiger partial charge on any atom is 0.0147 e. The van der Waals surface area contributed by atoms with Crippen molar-refractivity contribution >= 4 is 0 Å².